The molecule has 3 N–H and O–H groups in total. The van der Waals surface area contributed by atoms with Crippen LogP contribution in [0.2, 0.25) is 0 Å². The van der Waals surface area contributed by atoms with Crippen LogP contribution in [0.5, 0.6) is 0 Å². The van der Waals surface area contributed by atoms with Gasteiger partial charge in [-0.1, -0.05) is 17.7 Å². The highest BCUT2D eigenvalue weighted by atomic mass is 32.2. The van der Waals surface area contributed by atoms with Crippen LogP contribution in [-0.2, 0) is 9.59 Å². The summed E-state index contributed by atoms with van der Waals surface area (Å²) in [5.41, 5.74) is 2.19. The Morgan fingerprint density at radius 3 is 2.34 bits per heavy atom. The molecule has 0 spiro atoms. The van der Waals surface area contributed by atoms with E-state index in [1.807, 2.05) is 31.2 Å². The molecule has 2 amide bonds. The molecule has 0 heterocycles. The Kier molecular flexibility index (Phi) is 8.17. The van der Waals surface area contributed by atoms with E-state index in [0.717, 1.165) is 5.56 Å². The van der Waals surface area contributed by atoms with Gasteiger partial charge in [-0.15, -0.1) is 11.8 Å². The summed E-state index contributed by atoms with van der Waals surface area (Å²) in [6.45, 7) is 3.61. The smallest absolute Gasteiger partial charge is 0.269 e. The first-order valence-electron chi connectivity index (χ1n) is 8.94. The van der Waals surface area contributed by atoms with Gasteiger partial charge in [-0.3, -0.25) is 19.7 Å². The summed E-state index contributed by atoms with van der Waals surface area (Å²) >= 11 is 1.19. The van der Waals surface area contributed by atoms with E-state index in [-0.39, 0.29) is 29.8 Å². The molecule has 154 valence electrons. The van der Waals surface area contributed by atoms with Crippen LogP contribution in [0.1, 0.15) is 24.2 Å². The monoisotopic (exact) mass is 417 g/mol. The number of hydrogen-bond donors (Lipinski definition) is 3. The average molecular weight is 417 g/mol. The topological polar surface area (TPSA) is 122 Å². The maximum atomic E-state index is 12.2. The Labute approximate surface area is 172 Å². The van der Waals surface area contributed by atoms with Crippen LogP contribution in [0.4, 0.5) is 11.4 Å². The number of thioether (sulfide) groups is 1. The van der Waals surface area contributed by atoms with Gasteiger partial charge in [0.1, 0.15) is 0 Å². The fourth-order valence-electron chi connectivity index (χ4n) is 2.39. The quantitative estimate of drug-likeness (QED) is 0.426. The summed E-state index contributed by atoms with van der Waals surface area (Å²) in [5, 5.41) is 25.7. The Balaban J connectivity index is 1.74. The third-order valence-electron chi connectivity index (χ3n) is 4.13. The van der Waals surface area contributed by atoms with E-state index in [4.69, 9.17) is 0 Å². The minimum absolute atomic E-state index is 0.0306. The van der Waals surface area contributed by atoms with E-state index in [0.29, 0.717) is 11.3 Å². The molecule has 2 rings (SSSR count). The summed E-state index contributed by atoms with van der Waals surface area (Å²) < 4.78 is 0. The molecule has 2 aromatic carbocycles. The van der Waals surface area contributed by atoms with Gasteiger partial charge in [-0.2, -0.15) is 0 Å². The lowest BCUT2D eigenvalue weighted by Crippen LogP contribution is -2.34. The van der Waals surface area contributed by atoms with Gasteiger partial charge in [0, 0.05) is 24.4 Å². The normalized spacial score (nSPS) is 12.7. The van der Waals surface area contributed by atoms with Gasteiger partial charge in [-0.25, -0.2) is 0 Å². The van der Waals surface area contributed by atoms with Crippen LogP contribution in [0.15, 0.2) is 48.5 Å². The van der Waals surface area contributed by atoms with Crippen molar-refractivity contribution in [2.45, 2.75) is 25.2 Å². The number of anilines is 1. The molecule has 0 aliphatic heterocycles. The van der Waals surface area contributed by atoms with Crippen molar-refractivity contribution in [2.24, 2.45) is 0 Å². The molecule has 0 bridgehead atoms. The third kappa shape index (κ3) is 7.20. The highest BCUT2D eigenvalue weighted by Gasteiger charge is 2.17. The Morgan fingerprint density at radius 1 is 1.14 bits per heavy atom. The van der Waals surface area contributed by atoms with Crippen LogP contribution < -0.4 is 10.6 Å². The standard InChI is InChI=1S/C20H23N3O5S/c1-13-3-7-16(8-4-13)22-19(25)12-29-14(2)20(26)21-11-18(24)15-5-9-17(10-6-15)23(27)28/h3-10,14,18,24H,11-12H2,1-2H3,(H,21,26)(H,22,25)/t14-,18-/m1/s1. The summed E-state index contributed by atoms with van der Waals surface area (Å²) in [5.74, 6) is -0.392. The summed E-state index contributed by atoms with van der Waals surface area (Å²) in [4.78, 5) is 34.3. The molecule has 2 aromatic rings. The Morgan fingerprint density at radius 2 is 1.76 bits per heavy atom. The van der Waals surface area contributed by atoms with Crippen molar-refractivity contribution in [2.75, 3.05) is 17.6 Å². The van der Waals surface area contributed by atoms with Gasteiger partial charge in [0.2, 0.25) is 11.8 Å². The second-order valence-corrected chi connectivity index (χ2v) is 7.81. The maximum Gasteiger partial charge on any atom is 0.269 e. The molecule has 0 aliphatic rings. The average Bonchev–Trinajstić information content (AvgIpc) is 2.71. The first kappa shape index (κ1) is 22.4. The molecule has 29 heavy (non-hydrogen) atoms. The van der Waals surface area contributed by atoms with E-state index < -0.39 is 16.3 Å². The molecule has 0 radical (unpaired) electrons. The zero-order chi connectivity index (χ0) is 21.4. The second-order valence-electron chi connectivity index (χ2n) is 6.48. The fraction of sp³-hybridized carbons (Fsp3) is 0.300. The van der Waals surface area contributed by atoms with E-state index in [9.17, 15) is 24.8 Å². The number of hydrogen-bond acceptors (Lipinski definition) is 6. The minimum atomic E-state index is -0.984. The number of carbonyl (C=O) groups is 2. The highest BCUT2D eigenvalue weighted by Crippen LogP contribution is 2.18. The van der Waals surface area contributed by atoms with Crippen molar-refractivity contribution in [1.29, 1.82) is 0 Å². The first-order valence-corrected chi connectivity index (χ1v) is 9.99. The molecule has 0 aliphatic carbocycles. The lowest BCUT2D eigenvalue weighted by molar-refractivity contribution is -0.384. The van der Waals surface area contributed by atoms with Crippen LogP contribution in [0.3, 0.4) is 0 Å². The van der Waals surface area contributed by atoms with Crippen LogP contribution in [0.25, 0.3) is 0 Å². The van der Waals surface area contributed by atoms with Gasteiger partial charge in [0.25, 0.3) is 5.69 Å². The molecule has 0 aromatic heterocycles. The SMILES string of the molecule is Cc1ccc(NC(=O)CS[C@H](C)C(=O)NC[C@@H](O)c2ccc([N+](=O)[O-])cc2)cc1. The molecule has 0 unspecified atom stereocenters. The summed E-state index contributed by atoms with van der Waals surface area (Å²) in [6, 6.07) is 12.9. The van der Waals surface area contributed by atoms with Gasteiger partial charge >= 0.3 is 0 Å². The van der Waals surface area contributed by atoms with Gasteiger partial charge in [-0.05, 0) is 43.7 Å². The van der Waals surface area contributed by atoms with Crippen molar-refractivity contribution in [1.82, 2.24) is 5.32 Å². The van der Waals surface area contributed by atoms with Gasteiger partial charge in [0.05, 0.1) is 22.0 Å². The van der Waals surface area contributed by atoms with Gasteiger partial charge < -0.3 is 15.7 Å². The van der Waals surface area contributed by atoms with Crippen molar-refractivity contribution < 1.29 is 19.6 Å². The third-order valence-corrected chi connectivity index (χ3v) is 5.27. The maximum absolute atomic E-state index is 12.2. The number of nitrogens with one attached hydrogen (secondary N) is 2. The number of carbonyl (C=O) groups excluding carboxylic acids is 2. The first-order chi connectivity index (χ1) is 13.8. The minimum Gasteiger partial charge on any atom is -0.387 e. The zero-order valence-electron chi connectivity index (χ0n) is 16.1. The summed E-state index contributed by atoms with van der Waals surface area (Å²) in [7, 11) is 0. The molecule has 2 atom stereocenters. The van der Waals surface area contributed by atoms with Crippen LogP contribution in [0, 0.1) is 17.0 Å². The van der Waals surface area contributed by atoms with Crippen molar-refractivity contribution >= 4 is 35.0 Å². The number of nitro benzene ring substituents is 1. The lowest BCUT2D eigenvalue weighted by atomic mass is 10.1. The predicted octanol–water partition coefficient (Wildman–Crippen LogP) is 2.81. The molecule has 0 saturated carbocycles. The molecule has 8 nitrogen and oxygen atoms in total. The largest absolute Gasteiger partial charge is 0.387 e. The van der Waals surface area contributed by atoms with Gasteiger partial charge in [0.15, 0.2) is 0 Å². The second kappa shape index (κ2) is 10.6. The Bertz CT molecular complexity index is 855. The number of aliphatic hydroxyl groups excluding tert-OH is 1. The van der Waals surface area contributed by atoms with Crippen molar-refractivity contribution in [3.8, 4) is 0 Å². The number of aryl methyl sites for hydroxylation is 1. The molecular formula is C20H23N3O5S. The van der Waals surface area contributed by atoms with E-state index in [1.54, 1.807) is 6.92 Å². The molecular weight excluding hydrogens is 394 g/mol. The number of amides is 2. The van der Waals surface area contributed by atoms with Crippen molar-refractivity contribution in [3.05, 3.63) is 69.8 Å². The van der Waals surface area contributed by atoms with E-state index >= 15 is 0 Å². The van der Waals surface area contributed by atoms with Crippen LogP contribution in [-0.4, -0.2) is 39.4 Å². The summed E-state index contributed by atoms with van der Waals surface area (Å²) in [6.07, 6.45) is -0.984. The predicted molar refractivity (Wildman–Crippen MR) is 113 cm³/mol. The number of nitrogens with zero attached hydrogens (tertiary/aromatic N) is 1. The fourth-order valence-corrected chi connectivity index (χ4v) is 3.10. The number of nitro groups is 1. The lowest BCUT2D eigenvalue weighted by Gasteiger charge is -2.15. The van der Waals surface area contributed by atoms with E-state index in [1.165, 1.54) is 36.0 Å². The van der Waals surface area contributed by atoms with Crippen molar-refractivity contribution in [3.63, 3.8) is 0 Å². The number of non-ortho nitro benzene ring substituents is 1. The van der Waals surface area contributed by atoms with E-state index in [2.05, 4.69) is 10.6 Å². The molecule has 0 fully saturated rings. The number of aliphatic hydroxyl groups is 1. The highest BCUT2D eigenvalue weighted by molar-refractivity contribution is 8.01. The molecule has 9 heteroatoms. The Hall–Kier alpha value is -2.91. The number of benzene rings is 2. The zero-order valence-corrected chi connectivity index (χ0v) is 16.9. The molecule has 0 saturated heterocycles. The van der Waals surface area contributed by atoms with Crippen LogP contribution >= 0.6 is 11.8 Å². The number of rotatable bonds is 9.